The normalized spacial score (nSPS) is 9.63. The number of benzene rings is 1. The highest BCUT2D eigenvalue weighted by molar-refractivity contribution is 5.94. The van der Waals surface area contributed by atoms with E-state index in [1.165, 1.54) is 12.3 Å². The molecule has 0 aliphatic rings. The zero-order valence-corrected chi connectivity index (χ0v) is 9.79. The van der Waals surface area contributed by atoms with Crippen molar-refractivity contribution in [1.29, 1.82) is 5.26 Å². The van der Waals surface area contributed by atoms with Gasteiger partial charge in [-0.1, -0.05) is 0 Å². The lowest BCUT2D eigenvalue weighted by Crippen LogP contribution is -2.05. The first-order valence-corrected chi connectivity index (χ1v) is 5.36. The van der Waals surface area contributed by atoms with Crippen LogP contribution in [0.5, 0.6) is 0 Å². The van der Waals surface area contributed by atoms with Gasteiger partial charge in [0.15, 0.2) is 0 Å². The van der Waals surface area contributed by atoms with Crippen molar-refractivity contribution in [3.8, 4) is 6.07 Å². The van der Waals surface area contributed by atoms with E-state index in [-0.39, 0.29) is 11.3 Å². The molecule has 0 fully saturated rings. The highest BCUT2D eigenvalue weighted by atomic mass is 16.4. The molecule has 6 nitrogen and oxygen atoms in total. The molecule has 0 spiro atoms. The van der Waals surface area contributed by atoms with Gasteiger partial charge < -0.3 is 16.2 Å². The molecular weight excluding hydrogens is 244 g/mol. The Bertz CT molecular complexity index is 659. The Morgan fingerprint density at radius 1 is 1.37 bits per heavy atom. The van der Waals surface area contributed by atoms with Gasteiger partial charge in [-0.15, -0.1) is 0 Å². The molecule has 4 N–H and O–H groups in total. The molecule has 6 heteroatoms. The molecule has 1 aromatic carbocycles. The van der Waals surface area contributed by atoms with Gasteiger partial charge in [-0.05, 0) is 30.3 Å². The van der Waals surface area contributed by atoms with Gasteiger partial charge in [-0.2, -0.15) is 5.26 Å². The average molecular weight is 254 g/mol. The number of nitrogens with two attached hydrogens (primary N) is 1. The number of nitrogens with zero attached hydrogens (tertiary/aromatic N) is 2. The van der Waals surface area contributed by atoms with Crippen molar-refractivity contribution in [1.82, 2.24) is 4.98 Å². The van der Waals surface area contributed by atoms with Crippen LogP contribution in [0.3, 0.4) is 0 Å². The summed E-state index contributed by atoms with van der Waals surface area (Å²) in [4.78, 5) is 14.9. The highest BCUT2D eigenvalue weighted by Gasteiger charge is 2.09. The second-order valence-electron chi connectivity index (χ2n) is 3.78. The largest absolute Gasteiger partial charge is 0.478 e. The summed E-state index contributed by atoms with van der Waals surface area (Å²) < 4.78 is 0. The van der Waals surface area contributed by atoms with Crippen LogP contribution in [0.15, 0.2) is 36.5 Å². The van der Waals surface area contributed by atoms with Crippen molar-refractivity contribution < 1.29 is 9.90 Å². The van der Waals surface area contributed by atoms with Gasteiger partial charge >= 0.3 is 5.97 Å². The Morgan fingerprint density at radius 2 is 2.05 bits per heavy atom. The standard InChI is InChI=1S/C13H10N4O2/c14-6-8-1-3-9(4-2-8)17-12-5-10(13(18)19)11(15)7-16-12/h1-5,7H,15H2,(H,16,17)(H,18,19). The molecule has 1 aromatic heterocycles. The van der Waals surface area contributed by atoms with Crippen LogP contribution in [0.4, 0.5) is 17.2 Å². The van der Waals surface area contributed by atoms with Crippen molar-refractivity contribution >= 4 is 23.2 Å². The Morgan fingerprint density at radius 3 is 2.63 bits per heavy atom. The molecule has 1 heterocycles. The quantitative estimate of drug-likeness (QED) is 0.772. The fraction of sp³-hybridized carbons (Fsp3) is 0. The van der Waals surface area contributed by atoms with E-state index in [0.717, 1.165) is 0 Å². The third-order valence-corrected chi connectivity index (χ3v) is 2.45. The zero-order valence-electron chi connectivity index (χ0n) is 9.79. The van der Waals surface area contributed by atoms with Gasteiger partial charge in [0.1, 0.15) is 5.82 Å². The van der Waals surface area contributed by atoms with E-state index >= 15 is 0 Å². The van der Waals surface area contributed by atoms with Crippen LogP contribution in [0, 0.1) is 11.3 Å². The molecule has 0 atom stereocenters. The summed E-state index contributed by atoms with van der Waals surface area (Å²) in [6.45, 7) is 0. The third-order valence-electron chi connectivity index (χ3n) is 2.45. The molecule has 2 aromatic rings. The smallest absolute Gasteiger partial charge is 0.337 e. The van der Waals surface area contributed by atoms with Crippen molar-refractivity contribution in [2.45, 2.75) is 0 Å². The summed E-state index contributed by atoms with van der Waals surface area (Å²) in [5.41, 5.74) is 6.86. The van der Waals surface area contributed by atoms with E-state index in [4.69, 9.17) is 16.1 Å². The van der Waals surface area contributed by atoms with Crippen LogP contribution >= 0.6 is 0 Å². The SMILES string of the molecule is N#Cc1ccc(Nc2cc(C(=O)O)c(N)cn2)cc1. The molecular formula is C13H10N4O2. The number of carboxylic acids is 1. The van der Waals surface area contributed by atoms with Crippen LogP contribution in [-0.2, 0) is 0 Å². The number of aromatic carboxylic acids is 1. The molecule has 0 saturated carbocycles. The Kier molecular flexibility index (Phi) is 3.30. The maximum absolute atomic E-state index is 10.9. The summed E-state index contributed by atoms with van der Waals surface area (Å²) >= 11 is 0. The summed E-state index contributed by atoms with van der Waals surface area (Å²) in [7, 11) is 0. The number of aromatic nitrogens is 1. The van der Waals surface area contributed by atoms with E-state index in [9.17, 15) is 4.79 Å². The molecule has 0 radical (unpaired) electrons. The van der Waals surface area contributed by atoms with Crippen LogP contribution in [0.2, 0.25) is 0 Å². The Balaban J connectivity index is 2.25. The summed E-state index contributed by atoms with van der Waals surface area (Å²) in [6.07, 6.45) is 1.29. The van der Waals surface area contributed by atoms with Crippen LogP contribution < -0.4 is 11.1 Å². The second kappa shape index (κ2) is 5.06. The van der Waals surface area contributed by atoms with Crippen molar-refractivity contribution in [2.24, 2.45) is 0 Å². The minimum Gasteiger partial charge on any atom is -0.478 e. The van der Waals surface area contributed by atoms with E-state index in [0.29, 0.717) is 17.1 Å². The first-order chi connectivity index (χ1) is 9.10. The van der Waals surface area contributed by atoms with E-state index < -0.39 is 5.97 Å². The predicted octanol–water partition coefficient (Wildman–Crippen LogP) is 1.98. The number of carbonyl (C=O) groups is 1. The van der Waals surface area contributed by atoms with Gasteiger partial charge in [0.05, 0.1) is 29.1 Å². The van der Waals surface area contributed by atoms with Crippen LogP contribution in [0.1, 0.15) is 15.9 Å². The summed E-state index contributed by atoms with van der Waals surface area (Å²) in [5, 5.41) is 20.6. The lowest BCUT2D eigenvalue weighted by molar-refractivity contribution is 0.0698. The first kappa shape index (κ1) is 12.4. The third kappa shape index (κ3) is 2.79. The molecule has 94 valence electrons. The summed E-state index contributed by atoms with van der Waals surface area (Å²) in [6, 6.07) is 10.1. The molecule has 19 heavy (non-hydrogen) atoms. The summed E-state index contributed by atoms with van der Waals surface area (Å²) in [5.74, 6) is -0.737. The number of nitriles is 1. The first-order valence-electron chi connectivity index (χ1n) is 5.36. The molecule has 2 rings (SSSR count). The van der Waals surface area contributed by atoms with Gasteiger partial charge in [0.2, 0.25) is 0 Å². The Labute approximate surface area is 109 Å². The van der Waals surface area contributed by atoms with E-state index in [1.807, 2.05) is 6.07 Å². The van der Waals surface area contributed by atoms with E-state index in [1.54, 1.807) is 24.3 Å². The van der Waals surface area contributed by atoms with Crippen molar-refractivity contribution in [3.05, 3.63) is 47.7 Å². The molecule has 0 aliphatic heterocycles. The van der Waals surface area contributed by atoms with Gasteiger partial charge in [0.25, 0.3) is 0 Å². The lowest BCUT2D eigenvalue weighted by atomic mass is 10.2. The number of rotatable bonds is 3. The van der Waals surface area contributed by atoms with Crippen molar-refractivity contribution in [2.75, 3.05) is 11.1 Å². The molecule has 0 amide bonds. The highest BCUT2D eigenvalue weighted by Crippen LogP contribution is 2.19. The number of carboxylic acid groups (broad SMARTS) is 1. The number of pyridine rings is 1. The van der Waals surface area contributed by atoms with Gasteiger partial charge in [0, 0.05) is 5.69 Å². The van der Waals surface area contributed by atoms with Gasteiger partial charge in [-0.3, -0.25) is 0 Å². The molecule has 0 unspecified atom stereocenters. The molecule has 0 aliphatic carbocycles. The topological polar surface area (TPSA) is 112 Å². The maximum Gasteiger partial charge on any atom is 0.337 e. The predicted molar refractivity (Wildman–Crippen MR) is 70.0 cm³/mol. The maximum atomic E-state index is 10.9. The number of nitrogens with one attached hydrogen (secondary N) is 1. The molecule has 0 bridgehead atoms. The van der Waals surface area contributed by atoms with Crippen LogP contribution in [-0.4, -0.2) is 16.1 Å². The average Bonchev–Trinajstić information content (AvgIpc) is 2.41. The molecule has 0 saturated heterocycles. The fourth-order valence-corrected chi connectivity index (χ4v) is 1.50. The van der Waals surface area contributed by atoms with Crippen LogP contribution in [0.25, 0.3) is 0 Å². The fourth-order valence-electron chi connectivity index (χ4n) is 1.50. The zero-order chi connectivity index (χ0) is 13.8. The van der Waals surface area contributed by atoms with E-state index in [2.05, 4.69) is 10.3 Å². The lowest BCUT2D eigenvalue weighted by Gasteiger charge is -2.07. The minimum absolute atomic E-state index is 0.00820. The Hall–Kier alpha value is -3.07. The number of hydrogen-bond donors (Lipinski definition) is 3. The number of hydrogen-bond acceptors (Lipinski definition) is 5. The minimum atomic E-state index is -1.11. The van der Waals surface area contributed by atoms with Crippen molar-refractivity contribution in [3.63, 3.8) is 0 Å². The monoisotopic (exact) mass is 254 g/mol. The van der Waals surface area contributed by atoms with Gasteiger partial charge in [-0.25, -0.2) is 9.78 Å². The number of anilines is 3. The second-order valence-corrected chi connectivity index (χ2v) is 3.78. The number of nitrogen functional groups attached to an aromatic ring is 1.